The molecule has 2 unspecified atom stereocenters. The summed E-state index contributed by atoms with van der Waals surface area (Å²) < 4.78 is 27.3. The molecule has 1 heterocycles. The maximum absolute atomic E-state index is 12.9. The Kier molecular flexibility index (Phi) is 6.37. The van der Waals surface area contributed by atoms with E-state index in [1.54, 1.807) is 22.5 Å². The number of nitrogens with zero attached hydrogens (tertiary/aromatic N) is 1. The summed E-state index contributed by atoms with van der Waals surface area (Å²) in [6, 6.07) is 6.24. The van der Waals surface area contributed by atoms with Crippen molar-refractivity contribution in [2.45, 2.75) is 44.0 Å². The number of hydrogen-bond acceptors (Lipinski definition) is 4. The summed E-state index contributed by atoms with van der Waals surface area (Å²) in [6.45, 7) is 5.37. The number of rotatable bonds is 6. The highest BCUT2D eigenvalue weighted by molar-refractivity contribution is 7.89. The van der Waals surface area contributed by atoms with Gasteiger partial charge in [0.2, 0.25) is 10.0 Å². The van der Waals surface area contributed by atoms with E-state index in [-0.39, 0.29) is 22.8 Å². The standard InChI is InChI=1S/C17H27N3O3S/c1-13(11-18)12-19-17(21)15-7-5-8-16(10-15)24(22,23)20-9-4-3-6-14(20)2/h5,7-8,10,13-14H,3-4,6,9,11-12,18H2,1-2H3,(H,19,21). The number of amides is 1. The Balaban J connectivity index is 2.18. The van der Waals surface area contributed by atoms with Crippen molar-refractivity contribution in [1.29, 1.82) is 0 Å². The largest absolute Gasteiger partial charge is 0.352 e. The third kappa shape index (κ3) is 4.34. The van der Waals surface area contributed by atoms with E-state index in [9.17, 15) is 13.2 Å². The van der Waals surface area contributed by atoms with Gasteiger partial charge in [0, 0.05) is 24.7 Å². The maximum atomic E-state index is 12.9. The molecule has 0 saturated carbocycles. The zero-order valence-corrected chi connectivity index (χ0v) is 15.2. The number of hydrogen-bond donors (Lipinski definition) is 2. The van der Waals surface area contributed by atoms with Crippen molar-refractivity contribution >= 4 is 15.9 Å². The molecule has 0 bridgehead atoms. The van der Waals surface area contributed by atoms with Gasteiger partial charge in [0.15, 0.2) is 0 Å². The minimum absolute atomic E-state index is 0.00774. The van der Waals surface area contributed by atoms with Crippen LogP contribution in [0.5, 0.6) is 0 Å². The molecule has 1 aromatic carbocycles. The van der Waals surface area contributed by atoms with Crippen LogP contribution in [0, 0.1) is 5.92 Å². The van der Waals surface area contributed by atoms with E-state index in [0.29, 0.717) is 25.2 Å². The molecule has 1 aromatic rings. The minimum Gasteiger partial charge on any atom is -0.352 e. The van der Waals surface area contributed by atoms with E-state index in [4.69, 9.17) is 5.73 Å². The molecule has 0 radical (unpaired) electrons. The third-order valence-electron chi connectivity index (χ3n) is 4.46. The van der Waals surface area contributed by atoms with Gasteiger partial charge in [-0.25, -0.2) is 8.42 Å². The molecule has 2 atom stereocenters. The summed E-state index contributed by atoms with van der Waals surface area (Å²) in [6.07, 6.45) is 2.80. The summed E-state index contributed by atoms with van der Waals surface area (Å²) in [5, 5.41) is 2.79. The summed E-state index contributed by atoms with van der Waals surface area (Å²) in [5.74, 6) is -0.103. The van der Waals surface area contributed by atoms with Crippen molar-refractivity contribution in [3.63, 3.8) is 0 Å². The van der Waals surface area contributed by atoms with Gasteiger partial charge in [-0.05, 0) is 50.4 Å². The second-order valence-corrected chi connectivity index (χ2v) is 8.43. The second-order valence-electron chi connectivity index (χ2n) is 6.54. The van der Waals surface area contributed by atoms with Crippen LogP contribution in [0.15, 0.2) is 29.2 Å². The topological polar surface area (TPSA) is 92.5 Å². The maximum Gasteiger partial charge on any atom is 0.251 e. The Labute approximate surface area is 144 Å². The molecule has 2 rings (SSSR count). The Hall–Kier alpha value is -1.44. The van der Waals surface area contributed by atoms with Crippen LogP contribution in [0.1, 0.15) is 43.5 Å². The van der Waals surface area contributed by atoms with Crippen LogP contribution in [0.4, 0.5) is 0 Å². The SMILES string of the molecule is CC(CN)CNC(=O)c1cccc(S(=O)(=O)N2CCCCC2C)c1. The second kappa shape index (κ2) is 8.09. The lowest BCUT2D eigenvalue weighted by Gasteiger charge is -2.32. The summed E-state index contributed by atoms with van der Waals surface area (Å²) in [7, 11) is -3.57. The Bertz CT molecular complexity index is 675. The van der Waals surface area contributed by atoms with E-state index >= 15 is 0 Å². The van der Waals surface area contributed by atoms with Crippen LogP contribution in [-0.4, -0.2) is 44.3 Å². The van der Waals surface area contributed by atoms with Crippen molar-refractivity contribution in [3.05, 3.63) is 29.8 Å². The number of nitrogens with one attached hydrogen (secondary N) is 1. The molecule has 24 heavy (non-hydrogen) atoms. The van der Waals surface area contributed by atoms with Gasteiger partial charge in [-0.15, -0.1) is 0 Å². The molecule has 1 amide bonds. The van der Waals surface area contributed by atoms with E-state index < -0.39 is 10.0 Å². The van der Waals surface area contributed by atoms with Crippen molar-refractivity contribution in [3.8, 4) is 0 Å². The molecule has 1 saturated heterocycles. The zero-order valence-electron chi connectivity index (χ0n) is 14.4. The van der Waals surface area contributed by atoms with Gasteiger partial charge in [0.05, 0.1) is 4.90 Å². The highest BCUT2D eigenvalue weighted by Gasteiger charge is 2.31. The van der Waals surface area contributed by atoms with Crippen molar-refractivity contribution in [2.75, 3.05) is 19.6 Å². The molecule has 6 nitrogen and oxygen atoms in total. The summed E-state index contributed by atoms with van der Waals surface area (Å²) >= 11 is 0. The first-order valence-electron chi connectivity index (χ1n) is 8.46. The van der Waals surface area contributed by atoms with Crippen molar-refractivity contribution < 1.29 is 13.2 Å². The third-order valence-corrected chi connectivity index (χ3v) is 6.47. The van der Waals surface area contributed by atoms with Gasteiger partial charge < -0.3 is 11.1 Å². The van der Waals surface area contributed by atoms with Gasteiger partial charge in [0.25, 0.3) is 5.91 Å². The molecule has 7 heteroatoms. The smallest absolute Gasteiger partial charge is 0.251 e. The van der Waals surface area contributed by atoms with E-state index in [1.807, 2.05) is 13.8 Å². The van der Waals surface area contributed by atoms with E-state index in [1.165, 1.54) is 6.07 Å². The van der Waals surface area contributed by atoms with Gasteiger partial charge in [0.1, 0.15) is 0 Å². The lowest BCUT2D eigenvalue weighted by atomic mass is 10.1. The van der Waals surface area contributed by atoms with Gasteiger partial charge in [-0.3, -0.25) is 4.79 Å². The molecule has 0 spiro atoms. The normalized spacial score (nSPS) is 20.5. The van der Waals surface area contributed by atoms with Crippen LogP contribution in [0.25, 0.3) is 0 Å². The van der Waals surface area contributed by atoms with Crippen molar-refractivity contribution in [2.24, 2.45) is 11.7 Å². The van der Waals surface area contributed by atoms with Crippen LogP contribution in [0.3, 0.4) is 0 Å². The summed E-state index contributed by atoms with van der Waals surface area (Å²) in [4.78, 5) is 12.4. The molecule has 3 N–H and O–H groups in total. The average Bonchev–Trinajstić information content (AvgIpc) is 2.59. The molecule has 0 aliphatic carbocycles. The van der Waals surface area contributed by atoms with E-state index in [2.05, 4.69) is 5.32 Å². The Morgan fingerprint density at radius 2 is 2.17 bits per heavy atom. The van der Waals surface area contributed by atoms with E-state index in [0.717, 1.165) is 19.3 Å². The summed E-state index contributed by atoms with van der Waals surface area (Å²) in [5.41, 5.74) is 5.89. The monoisotopic (exact) mass is 353 g/mol. The van der Waals surface area contributed by atoms with Crippen LogP contribution >= 0.6 is 0 Å². The Morgan fingerprint density at radius 1 is 1.42 bits per heavy atom. The molecular formula is C17H27N3O3S. The van der Waals surface area contributed by atoms with Crippen LogP contribution in [-0.2, 0) is 10.0 Å². The number of piperidine rings is 1. The number of nitrogens with two attached hydrogens (primary N) is 1. The molecule has 134 valence electrons. The van der Waals surface area contributed by atoms with Gasteiger partial charge >= 0.3 is 0 Å². The predicted octanol–water partition coefficient (Wildman–Crippen LogP) is 1.57. The van der Waals surface area contributed by atoms with Gasteiger partial charge in [-0.1, -0.05) is 19.4 Å². The molecular weight excluding hydrogens is 326 g/mol. The van der Waals surface area contributed by atoms with Crippen LogP contribution in [0.2, 0.25) is 0 Å². The molecule has 1 fully saturated rings. The lowest BCUT2D eigenvalue weighted by molar-refractivity contribution is 0.0948. The van der Waals surface area contributed by atoms with Gasteiger partial charge in [-0.2, -0.15) is 4.31 Å². The fourth-order valence-corrected chi connectivity index (χ4v) is 4.56. The fourth-order valence-electron chi connectivity index (χ4n) is 2.81. The number of sulfonamides is 1. The molecule has 0 aromatic heterocycles. The first-order valence-corrected chi connectivity index (χ1v) is 9.90. The highest BCUT2D eigenvalue weighted by atomic mass is 32.2. The lowest BCUT2D eigenvalue weighted by Crippen LogP contribution is -2.42. The number of benzene rings is 1. The minimum atomic E-state index is -3.57. The molecule has 1 aliphatic heterocycles. The fraction of sp³-hybridized carbons (Fsp3) is 0.588. The number of carbonyl (C=O) groups excluding carboxylic acids is 1. The number of carbonyl (C=O) groups is 1. The predicted molar refractivity (Wildman–Crippen MR) is 94.2 cm³/mol. The first kappa shape index (κ1) is 18.9. The quantitative estimate of drug-likeness (QED) is 0.812. The average molecular weight is 353 g/mol. The Morgan fingerprint density at radius 3 is 2.83 bits per heavy atom. The highest BCUT2D eigenvalue weighted by Crippen LogP contribution is 2.25. The zero-order chi connectivity index (χ0) is 17.7. The van der Waals surface area contributed by atoms with Crippen molar-refractivity contribution in [1.82, 2.24) is 9.62 Å². The first-order chi connectivity index (χ1) is 11.4. The molecule has 1 aliphatic rings. The van der Waals surface area contributed by atoms with Crippen LogP contribution < -0.4 is 11.1 Å².